The highest BCUT2D eigenvalue weighted by Gasteiger charge is 2.09. The van der Waals surface area contributed by atoms with Crippen LogP contribution in [0, 0.1) is 11.6 Å². The second-order valence-corrected chi connectivity index (χ2v) is 6.01. The van der Waals surface area contributed by atoms with Gasteiger partial charge in [0.1, 0.15) is 11.6 Å². The maximum atomic E-state index is 14.1. The summed E-state index contributed by atoms with van der Waals surface area (Å²) in [4.78, 5) is 0. The van der Waals surface area contributed by atoms with Gasteiger partial charge >= 0.3 is 0 Å². The van der Waals surface area contributed by atoms with Crippen molar-refractivity contribution in [1.82, 2.24) is 0 Å². The number of nitrogens with zero attached hydrogens (tertiary/aromatic N) is 2. The van der Waals surface area contributed by atoms with Gasteiger partial charge in [0.25, 0.3) is 0 Å². The van der Waals surface area contributed by atoms with Crippen LogP contribution in [0.2, 0.25) is 0 Å². The highest BCUT2D eigenvalue weighted by atomic mass is 19.1. The summed E-state index contributed by atoms with van der Waals surface area (Å²) in [5.41, 5.74) is 2.66. The van der Waals surface area contributed by atoms with E-state index in [4.69, 9.17) is 0 Å². The Bertz CT molecular complexity index is 711. The molecule has 2 rings (SSSR count). The number of aryl methyl sites for hydroxylation is 2. The Balaban J connectivity index is 2.03. The molecule has 0 spiro atoms. The number of hydrogen-bond donors (Lipinski definition) is 0. The molecule has 2 nitrogen and oxygen atoms in total. The molecule has 25 heavy (non-hydrogen) atoms. The van der Waals surface area contributed by atoms with E-state index in [9.17, 15) is 8.78 Å². The molecule has 0 aliphatic rings. The van der Waals surface area contributed by atoms with Crippen LogP contribution in [-0.2, 0) is 12.8 Å². The van der Waals surface area contributed by atoms with Crippen LogP contribution in [0.4, 0.5) is 8.78 Å². The van der Waals surface area contributed by atoms with Crippen molar-refractivity contribution in [3.63, 3.8) is 0 Å². The van der Waals surface area contributed by atoms with Gasteiger partial charge in [-0.1, -0.05) is 51.0 Å². The van der Waals surface area contributed by atoms with Crippen molar-refractivity contribution in [3.05, 3.63) is 70.3 Å². The number of unbranched alkanes of at least 4 members (excludes halogenated alkanes) is 2. The number of rotatable bonds is 8. The zero-order valence-electron chi connectivity index (χ0n) is 14.8. The number of halogens is 2. The van der Waals surface area contributed by atoms with E-state index in [1.807, 2.05) is 24.3 Å². The van der Waals surface area contributed by atoms with E-state index in [1.54, 1.807) is 6.21 Å². The van der Waals surface area contributed by atoms with Gasteiger partial charge in [0.05, 0.1) is 18.0 Å². The van der Waals surface area contributed by atoms with Crippen LogP contribution >= 0.6 is 0 Å². The van der Waals surface area contributed by atoms with Crippen LogP contribution in [0.15, 0.2) is 46.6 Å². The van der Waals surface area contributed by atoms with Gasteiger partial charge < -0.3 is 0 Å². The molecule has 0 saturated heterocycles. The van der Waals surface area contributed by atoms with E-state index < -0.39 is 11.6 Å². The second-order valence-electron chi connectivity index (χ2n) is 6.01. The van der Waals surface area contributed by atoms with Gasteiger partial charge in [0, 0.05) is 0 Å². The van der Waals surface area contributed by atoms with Gasteiger partial charge in [-0.2, -0.15) is 10.2 Å². The smallest absolute Gasteiger partial charge is 0.135 e. The van der Waals surface area contributed by atoms with E-state index in [2.05, 4.69) is 24.1 Å². The lowest BCUT2D eigenvalue weighted by atomic mass is 10.0. The van der Waals surface area contributed by atoms with Crippen molar-refractivity contribution >= 4 is 12.4 Å². The summed E-state index contributed by atoms with van der Waals surface area (Å²) in [5, 5.41) is 7.64. The fourth-order valence-electron chi connectivity index (χ4n) is 2.51. The molecule has 0 unspecified atom stereocenters. The first-order chi connectivity index (χ1) is 12.1. The molecular formula is C21H24F2N2. The SMILES string of the molecule is CCCCCc1cc(F)c(/C=N/N=C/c2ccc(CC)cc2)c(F)c1. The van der Waals surface area contributed by atoms with E-state index >= 15 is 0 Å². The molecule has 0 N–H and O–H groups in total. The number of benzene rings is 2. The highest BCUT2D eigenvalue weighted by molar-refractivity contribution is 5.83. The van der Waals surface area contributed by atoms with Gasteiger partial charge in [0.2, 0.25) is 0 Å². The molecule has 0 heterocycles. The first kappa shape index (κ1) is 19.0. The topological polar surface area (TPSA) is 24.7 Å². The molecule has 2 aromatic rings. The van der Waals surface area contributed by atoms with Crippen LogP contribution < -0.4 is 0 Å². The molecule has 0 aliphatic carbocycles. The van der Waals surface area contributed by atoms with Crippen LogP contribution in [-0.4, -0.2) is 12.4 Å². The molecule has 0 atom stereocenters. The minimum absolute atomic E-state index is 0.155. The van der Waals surface area contributed by atoms with Crippen LogP contribution in [0.3, 0.4) is 0 Å². The quantitative estimate of drug-likeness (QED) is 0.333. The van der Waals surface area contributed by atoms with Gasteiger partial charge in [0.15, 0.2) is 0 Å². The second kappa shape index (κ2) is 9.82. The van der Waals surface area contributed by atoms with E-state index in [0.717, 1.165) is 37.5 Å². The lowest BCUT2D eigenvalue weighted by molar-refractivity contribution is 0.574. The summed E-state index contributed by atoms with van der Waals surface area (Å²) in [6.45, 7) is 4.19. The van der Waals surface area contributed by atoms with Crippen molar-refractivity contribution in [2.75, 3.05) is 0 Å². The van der Waals surface area contributed by atoms with Gasteiger partial charge in [-0.25, -0.2) is 8.78 Å². The molecule has 132 valence electrons. The Kier molecular flexibility index (Phi) is 7.45. The monoisotopic (exact) mass is 342 g/mol. The molecule has 4 heteroatoms. The van der Waals surface area contributed by atoms with Crippen LogP contribution in [0.1, 0.15) is 55.4 Å². The minimum atomic E-state index is -0.599. The van der Waals surface area contributed by atoms with Crippen molar-refractivity contribution < 1.29 is 8.78 Å². The highest BCUT2D eigenvalue weighted by Crippen LogP contribution is 2.16. The predicted molar refractivity (Wildman–Crippen MR) is 101 cm³/mol. The molecule has 0 aromatic heterocycles. The molecular weight excluding hydrogens is 318 g/mol. The maximum absolute atomic E-state index is 14.1. The molecule has 2 aromatic carbocycles. The minimum Gasteiger partial charge on any atom is -0.206 e. The Morgan fingerprint density at radius 1 is 0.840 bits per heavy atom. The average Bonchev–Trinajstić information content (AvgIpc) is 2.61. The molecule has 0 radical (unpaired) electrons. The van der Waals surface area contributed by atoms with Crippen molar-refractivity contribution in [3.8, 4) is 0 Å². The molecule has 0 bridgehead atoms. The maximum Gasteiger partial charge on any atom is 0.135 e. The summed E-state index contributed by atoms with van der Waals surface area (Å²) >= 11 is 0. The van der Waals surface area contributed by atoms with Gasteiger partial charge in [-0.3, -0.25) is 0 Å². The summed E-state index contributed by atoms with van der Waals surface area (Å²) in [6.07, 6.45) is 7.41. The first-order valence-corrected chi connectivity index (χ1v) is 8.77. The Morgan fingerprint density at radius 2 is 1.48 bits per heavy atom. The predicted octanol–water partition coefficient (Wildman–Crippen LogP) is 5.71. The fraction of sp³-hybridized carbons (Fsp3) is 0.333. The van der Waals surface area contributed by atoms with Crippen molar-refractivity contribution in [1.29, 1.82) is 0 Å². The van der Waals surface area contributed by atoms with Crippen molar-refractivity contribution in [2.45, 2.75) is 46.0 Å². The Labute approximate surface area is 148 Å². The average molecular weight is 342 g/mol. The van der Waals surface area contributed by atoms with Gasteiger partial charge in [-0.15, -0.1) is 0 Å². The third kappa shape index (κ3) is 5.89. The summed E-state index contributed by atoms with van der Waals surface area (Å²) in [6, 6.07) is 10.7. The third-order valence-electron chi connectivity index (χ3n) is 4.06. The molecule has 0 fully saturated rings. The standard InChI is InChI=1S/C21H24F2N2/c1-3-5-6-7-18-12-20(22)19(21(23)13-18)15-25-24-14-17-10-8-16(4-2)9-11-17/h8-15H,3-7H2,1-2H3/b24-14+,25-15+. The Morgan fingerprint density at radius 3 is 2.08 bits per heavy atom. The van der Waals surface area contributed by atoms with E-state index in [0.29, 0.717) is 12.0 Å². The van der Waals surface area contributed by atoms with Crippen LogP contribution in [0.5, 0.6) is 0 Å². The summed E-state index contributed by atoms with van der Waals surface area (Å²) in [5.74, 6) is -1.20. The summed E-state index contributed by atoms with van der Waals surface area (Å²) < 4.78 is 28.1. The lowest BCUT2D eigenvalue weighted by Gasteiger charge is -2.04. The third-order valence-corrected chi connectivity index (χ3v) is 4.06. The number of hydrogen-bond acceptors (Lipinski definition) is 2. The largest absolute Gasteiger partial charge is 0.206 e. The normalized spacial score (nSPS) is 11.7. The van der Waals surface area contributed by atoms with Crippen LogP contribution in [0.25, 0.3) is 0 Å². The summed E-state index contributed by atoms with van der Waals surface area (Å²) in [7, 11) is 0. The zero-order chi connectivity index (χ0) is 18.1. The molecule has 0 amide bonds. The lowest BCUT2D eigenvalue weighted by Crippen LogP contribution is -1.98. The van der Waals surface area contributed by atoms with Crippen molar-refractivity contribution in [2.24, 2.45) is 10.2 Å². The molecule has 0 saturated carbocycles. The van der Waals surface area contributed by atoms with E-state index in [1.165, 1.54) is 17.7 Å². The fourth-order valence-corrected chi connectivity index (χ4v) is 2.51. The van der Waals surface area contributed by atoms with Gasteiger partial charge in [-0.05, 0) is 48.1 Å². The first-order valence-electron chi connectivity index (χ1n) is 8.77. The molecule has 0 aliphatic heterocycles. The Hall–Kier alpha value is -2.36. The zero-order valence-corrected chi connectivity index (χ0v) is 14.8. The van der Waals surface area contributed by atoms with E-state index in [-0.39, 0.29) is 5.56 Å².